The van der Waals surface area contributed by atoms with E-state index in [0.717, 1.165) is 0 Å². The van der Waals surface area contributed by atoms with E-state index in [1.165, 1.54) is 0 Å². The number of rotatable bonds is 8. The molecule has 0 aliphatic rings. The minimum atomic E-state index is -0.685. The van der Waals surface area contributed by atoms with E-state index in [0.29, 0.717) is 19.4 Å². The Morgan fingerprint density at radius 2 is 2.00 bits per heavy atom. The molecule has 0 aromatic carbocycles. The van der Waals surface area contributed by atoms with E-state index in [9.17, 15) is 14.4 Å². The molecule has 0 spiro atoms. The largest absolute Gasteiger partial charge is 0.371 e. The third kappa shape index (κ3) is 8.21. The van der Waals surface area contributed by atoms with Crippen molar-refractivity contribution in [3.63, 3.8) is 0 Å². The Kier molecular flexibility index (Phi) is 8.67. The van der Waals surface area contributed by atoms with Crippen LogP contribution in [0.4, 0.5) is 4.79 Å². The van der Waals surface area contributed by atoms with Gasteiger partial charge in [-0.25, -0.2) is 4.79 Å². The lowest BCUT2D eigenvalue weighted by Crippen LogP contribution is -2.43. The van der Waals surface area contributed by atoms with Crippen molar-refractivity contribution < 1.29 is 19.2 Å². The summed E-state index contributed by atoms with van der Waals surface area (Å²) in [5, 5.41) is 4.93. The van der Waals surface area contributed by atoms with Crippen molar-refractivity contribution in [2.24, 2.45) is 0 Å². The maximum atomic E-state index is 11.1. The monoisotopic (exact) mass is 245 g/mol. The van der Waals surface area contributed by atoms with Crippen LogP contribution < -0.4 is 16.1 Å². The SMILES string of the molecule is CCNOC(=O)CC[C@@H](C=O)NC(=O)NCC. The van der Waals surface area contributed by atoms with Gasteiger partial charge in [0.1, 0.15) is 6.29 Å². The molecule has 1 atom stereocenters. The van der Waals surface area contributed by atoms with Gasteiger partial charge in [0.2, 0.25) is 0 Å². The van der Waals surface area contributed by atoms with E-state index in [2.05, 4.69) is 21.0 Å². The molecule has 0 saturated carbocycles. The Bertz CT molecular complexity index is 258. The quantitative estimate of drug-likeness (QED) is 0.404. The second-order valence-electron chi connectivity index (χ2n) is 3.26. The van der Waals surface area contributed by atoms with Crippen molar-refractivity contribution in [2.75, 3.05) is 13.1 Å². The highest BCUT2D eigenvalue weighted by Crippen LogP contribution is 1.96. The Balaban J connectivity index is 3.85. The molecule has 0 bridgehead atoms. The van der Waals surface area contributed by atoms with Crippen molar-refractivity contribution >= 4 is 18.3 Å². The second kappa shape index (κ2) is 9.59. The highest BCUT2D eigenvalue weighted by molar-refractivity contribution is 5.78. The van der Waals surface area contributed by atoms with Gasteiger partial charge in [0.25, 0.3) is 0 Å². The van der Waals surface area contributed by atoms with Crippen LogP contribution in [0.25, 0.3) is 0 Å². The predicted octanol–water partition coefficient (Wildman–Crippen LogP) is -0.279. The number of amides is 2. The molecule has 0 unspecified atom stereocenters. The predicted molar refractivity (Wildman–Crippen MR) is 61.1 cm³/mol. The van der Waals surface area contributed by atoms with Crippen molar-refractivity contribution in [1.29, 1.82) is 0 Å². The van der Waals surface area contributed by atoms with Crippen LogP contribution in [-0.4, -0.2) is 37.4 Å². The van der Waals surface area contributed by atoms with Gasteiger partial charge in [-0.3, -0.25) is 4.79 Å². The van der Waals surface area contributed by atoms with Crippen molar-refractivity contribution in [2.45, 2.75) is 32.7 Å². The highest BCUT2D eigenvalue weighted by Gasteiger charge is 2.13. The molecule has 0 heterocycles. The Labute approximate surface area is 100 Å². The first-order valence-corrected chi connectivity index (χ1v) is 5.56. The van der Waals surface area contributed by atoms with Gasteiger partial charge >= 0.3 is 12.0 Å². The van der Waals surface area contributed by atoms with Gasteiger partial charge in [0.15, 0.2) is 0 Å². The molecular weight excluding hydrogens is 226 g/mol. The van der Waals surface area contributed by atoms with E-state index >= 15 is 0 Å². The van der Waals surface area contributed by atoms with Crippen LogP contribution in [0.15, 0.2) is 0 Å². The first kappa shape index (κ1) is 15.4. The number of urea groups is 1. The van der Waals surface area contributed by atoms with E-state index in [4.69, 9.17) is 0 Å². The third-order valence-electron chi connectivity index (χ3n) is 1.81. The van der Waals surface area contributed by atoms with Crippen LogP contribution in [0.3, 0.4) is 0 Å². The Morgan fingerprint density at radius 1 is 1.29 bits per heavy atom. The molecule has 0 aliphatic carbocycles. The number of carbonyl (C=O) groups excluding carboxylic acids is 3. The molecular formula is C10H19N3O4. The summed E-state index contributed by atoms with van der Waals surface area (Å²) in [6.45, 7) is 4.54. The maximum Gasteiger partial charge on any atom is 0.324 e. The topological polar surface area (TPSA) is 96.5 Å². The van der Waals surface area contributed by atoms with Gasteiger partial charge in [-0.15, -0.1) is 0 Å². The van der Waals surface area contributed by atoms with Crippen LogP contribution in [0.1, 0.15) is 26.7 Å². The highest BCUT2D eigenvalue weighted by atomic mass is 16.7. The molecule has 0 saturated heterocycles. The van der Waals surface area contributed by atoms with Gasteiger partial charge in [0.05, 0.1) is 6.04 Å². The van der Waals surface area contributed by atoms with Gasteiger partial charge in [0, 0.05) is 19.5 Å². The zero-order valence-corrected chi connectivity index (χ0v) is 10.1. The summed E-state index contributed by atoms with van der Waals surface area (Å²) < 4.78 is 0. The molecule has 0 rings (SSSR count). The number of hydroxylamine groups is 1. The van der Waals surface area contributed by atoms with Gasteiger partial charge < -0.3 is 20.3 Å². The summed E-state index contributed by atoms with van der Waals surface area (Å²) in [4.78, 5) is 37.5. The number of aldehydes is 1. The van der Waals surface area contributed by atoms with Crippen molar-refractivity contribution in [3.8, 4) is 0 Å². The smallest absolute Gasteiger partial charge is 0.324 e. The average Bonchev–Trinajstić information content (AvgIpc) is 2.32. The fourth-order valence-electron chi connectivity index (χ4n) is 1.03. The summed E-state index contributed by atoms with van der Waals surface area (Å²) >= 11 is 0. The van der Waals surface area contributed by atoms with Crippen LogP contribution in [0, 0.1) is 0 Å². The molecule has 0 aromatic heterocycles. The summed E-state index contributed by atoms with van der Waals surface area (Å²) in [7, 11) is 0. The summed E-state index contributed by atoms with van der Waals surface area (Å²) in [5.74, 6) is -0.462. The van der Waals surface area contributed by atoms with Crippen LogP contribution in [0.5, 0.6) is 0 Å². The lowest BCUT2D eigenvalue weighted by molar-refractivity contribution is -0.151. The van der Waals surface area contributed by atoms with Crippen LogP contribution >= 0.6 is 0 Å². The lowest BCUT2D eigenvalue weighted by Gasteiger charge is -2.12. The van der Waals surface area contributed by atoms with Crippen molar-refractivity contribution in [3.05, 3.63) is 0 Å². The molecule has 7 heteroatoms. The van der Waals surface area contributed by atoms with E-state index in [-0.39, 0.29) is 12.8 Å². The van der Waals surface area contributed by atoms with Crippen molar-refractivity contribution in [1.82, 2.24) is 16.1 Å². The zero-order valence-electron chi connectivity index (χ0n) is 10.1. The molecule has 0 radical (unpaired) electrons. The van der Waals surface area contributed by atoms with Crippen LogP contribution in [0.2, 0.25) is 0 Å². The average molecular weight is 245 g/mol. The maximum absolute atomic E-state index is 11.1. The summed E-state index contributed by atoms with van der Waals surface area (Å²) in [6, 6.07) is -1.11. The first-order valence-electron chi connectivity index (χ1n) is 5.56. The fraction of sp³-hybridized carbons (Fsp3) is 0.700. The standard InChI is InChI=1S/C10H19N3O4/c1-3-11-10(16)13-8(7-14)5-6-9(15)17-12-4-2/h7-8,12H,3-6H2,1-2H3,(H2,11,13,16)/t8-/m0/s1. The van der Waals surface area contributed by atoms with Gasteiger partial charge in [-0.05, 0) is 20.3 Å². The molecule has 2 amide bonds. The molecule has 0 aromatic rings. The molecule has 3 N–H and O–H groups in total. The van der Waals surface area contributed by atoms with Gasteiger partial charge in [-0.2, -0.15) is 5.48 Å². The number of carbonyl (C=O) groups is 3. The minimum absolute atomic E-state index is 0.0583. The number of hydrogen-bond acceptors (Lipinski definition) is 5. The number of nitrogens with one attached hydrogen (secondary N) is 3. The minimum Gasteiger partial charge on any atom is -0.371 e. The summed E-state index contributed by atoms with van der Waals surface area (Å²) in [5.41, 5.74) is 2.41. The van der Waals surface area contributed by atoms with Crippen LogP contribution in [-0.2, 0) is 14.4 Å². The van der Waals surface area contributed by atoms with E-state index < -0.39 is 18.0 Å². The fourth-order valence-corrected chi connectivity index (χ4v) is 1.03. The number of hydrogen-bond donors (Lipinski definition) is 3. The molecule has 17 heavy (non-hydrogen) atoms. The van der Waals surface area contributed by atoms with E-state index in [1.54, 1.807) is 13.8 Å². The zero-order chi connectivity index (χ0) is 13.1. The summed E-state index contributed by atoms with van der Waals surface area (Å²) in [6.07, 6.45) is 0.865. The lowest BCUT2D eigenvalue weighted by atomic mass is 10.2. The second-order valence-corrected chi connectivity index (χ2v) is 3.26. The Morgan fingerprint density at radius 3 is 2.53 bits per heavy atom. The van der Waals surface area contributed by atoms with E-state index in [1.807, 2.05) is 0 Å². The molecule has 98 valence electrons. The molecule has 0 aliphatic heterocycles. The third-order valence-corrected chi connectivity index (χ3v) is 1.81. The van der Waals surface area contributed by atoms with Gasteiger partial charge in [-0.1, -0.05) is 0 Å². The molecule has 0 fully saturated rings. The molecule has 7 nitrogen and oxygen atoms in total. The normalized spacial score (nSPS) is 11.4. The first-order chi connectivity index (χ1) is 8.13. The Hall–Kier alpha value is -1.63.